The number of hydrogen-bond acceptors (Lipinski definition) is 2. The Morgan fingerprint density at radius 2 is 1.44 bits per heavy atom. The molecule has 27 heavy (non-hydrogen) atoms. The van der Waals surface area contributed by atoms with Crippen LogP contribution in [0.15, 0.2) is 77.7 Å². The van der Waals surface area contributed by atoms with Crippen molar-refractivity contribution in [3.05, 3.63) is 89.7 Å². The standard InChI is InChI=1S/C22H18FNO2S/c1-15-11-13-17(14-12-15)27(25,26)24-21-10-6-4-7-18(21)16(2)22(24)19-8-3-5-9-20(19)23/h3-14H,1-2H3. The van der Waals surface area contributed by atoms with E-state index in [9.17, 15) is 12.8 Å². The van der Waals surface area contributed by atoms with Crippen LogP contribution in [0, 0.1) is 19.7 Å². The quantitative estimate of drug-likeness (QED) is 0.484. The fraction of sp³-hybridized carbons (Fsp3) is 0.0909. The van der Waals surface area contributed by atoms with E-state index in [2.05, 4.69) is 0 Å². The van der Waals surface area contributed by atoms with Crippen molar-refractivity contribution >= 4 is 20.9 Å². The minimum atomic E-state index is -3.91. The van der Waals surface area contributed by atoms with Crippen LogP contribution in [0.5, 0.6) is 0 Å². The zero-order valence-corrected chi connectivity index (χ0v) is 15.8. The summed E-state index contributed by atoms with van der Waals surface area (Å²) in [5.74, 6) is -0.455. The molecule has 0 saturated heterocycles. The lowest BCUT2D eigenvalue weighted by Crippen LogP contribution is -2.14. The van der Waals surface area contributed by atoms with Gasteiger partial charge in [-0.05, 0) is 49.7 Å². The number of benzene rings is 3. The van der Waals surface area contributed by atoms with Gasteiger partial charge in [0.05, 0.1) is 16.1 Å². The van der Waals surface area contributed by atoms with Gasteiger partial charge in [-0.3, -0.25) is 0 Å². The van der Waals surface area contributed by atoms with E-state index in [4.69, 9.17) is 0 Å². The number of aromatic nitrogens is 1. The zero-order valence-electron chi connectivity index (χ0n) is 15.0. The lowest BCUT2D eigenvalue weighted by atomic mass is 10.1. The van der Waals surface area contributed by atoms with Gasteiger partial charge >= 0.3 is 0 Å². The minimum absolute atomic E-state index is 0.173. The van der Waals surface area contributed by atoms with Crippen LogP contribution in [0.25, 0.3) is 22.2 Å². The normalized spacial score (nSPS) is 11.8. The third-order valence-corrected chi connectivity index (χ3v) is 6.50. The van der Waals surface area contributed by atoms with E-state index in [1.807, 2.05) is 26.0 Å². The molecule has 0 atom stereocenters. The molecule has 3 nitrogen and oxygen atoms in total. The van der Waals surface area contributed by atoms with E-state index in [0.29, 0.717) is 11.2 Å². The Morgan fingerprint density at radius 1 is 0.815 bits per heavy atom. The lowest BCUT2D eigenvalue weighted by Gasteiger charge is -2.13. The van der Waals surface area contributed by atoms with Crippen LogP contribution in [0.1, 0.15) is 11.1 Å². The number of aryl methyl sites for hydroxylation is 2. The van der Waals surface area contributed by atoms with Gasteiger partial charge in [-0.1, -0.05) is 48.0 Å². The van der Waals surface area contributed by atoms with Crippen molar-refractivity contribution in [1.82, 2.24) is 3.97 Å². The van der Waals surface area contributed by atoms with E-state index in [0.717, 1.165) is 16.5 Å². The van der Waals surface area contributed by atoms with Crippen LogP contribution < -0.4 is 0 Å². The Kier molecular flexibility index (Phi) is 4.12. The van der Waals surface area contributed by atoms with Crippen molar-refractivity contribution in [1.29, 1.82) is 0 Å². The second-order valence-corrected chi connectivity index (χ2v) is 8.34. The Bertz CT molecular complexity index is 1260. The predicted octanol–water partition coefficient (Wildman–Crippen LogP) is 5.30. The second kappa shape index (κ2) is 6.35. The summed E-state index contributed by atoms with van der Waals surface area (Å²) in [7, 11) is -3.91. The topological polar surface area (TPSA) is 39.1 Å². The van der Waals surface area contributed by atoms with Crippen molar-refractivity contribution in [2.45, 2.75) is 18.7 Å². The van der Waals surface area contributed by atoms with Gasteiger partial charge in [0.15, 0.2) is 0 Å². The highest BCUT2D eigenvalue weighted by molar-refractivity contribution is 7.90. The molecule has 0 amide bonds. The average Bonchev–Trinajstić information content (AvgIpc) is 2.96. The fourth-order valence-electron chi connectivity index (χ4n) is 3.40. The summed E-state index contributed by atoms with van der Waals surface area (Å²) in [5.41, 5.74) is 2.86. The summed E-state index contributed by atoms with van der Waals surface area (Å²) < 4.78 is 42.9. The van der Waals surface area contributed by atoms with Crippen LogP contribution in [0.3, 0.4) is 0 Å². The first kappa shape index (κ1) is 17.5. The first-order valence-corrected chi connectivity index (χ1v) is 10.0. The van der Waals surface area contributed by atoms with E-state index >= 15 is 0 Å². The third-order valence-electron chi connectivity index (χ3n) is 4.77. The lowest BCUT2D eigenvalue weighted by molar-refractivity contribution is 0.589. The van der Waals surface area contributed by atoms with Crippen LogP contribution in [-0.2, 0) is 10.0 Å². The molecule has 4 aromatic rings. The summed E-state index contributed by atoms with van der Waals surface area (Å²) in [5, 5.41) is 0.784. The van der Waals surface area contributed by atoms with Crippen molar-refractivity contribution in [3.63, 3.8) is 0 Å². The molecule has 0 aliphatic heterocycles. The molecular weight excluding hydrogens is 361 g/mol. The number of halogens is 1. The van der Waals surface area contributed by atoms with Crippen LogP contribution >= 0.6 is 0 Å². The molecule has 4 rings (SSSR count). The summed E-state index contributed by atoms with van der Waals surface area (Å²) in [6.07, 6.45) is 0. The molecule has 3 aromatic carbocycles. The van der Waals surface area contributed by atoms with E-state index in [1.54, 1.807) is 54.6 Å². The fourth-order valence-corrected chi connectivity index (χ4v) is 4.98. The van der Waals surface area contributed by atoms with Gasteiger partial charge in [0.25, 0.3) is 10.0 Å². The molecule has 0 aliphatic rings. The molecule has 0 radical (unpaired) electrons. The van der Waals surface area contributed by atoms with Gasteiger partial charge in [-0.2, -0.15) is 0 Å². The summed E-state index contributed by atoms with van der Waals surface area (Å²) in [4.78, 5) is 0.173. The summed E-state index contributed by atoms with van der Waals surface area (Å²) in [6.45, 7) is 3.72. The smallest absolute Gasteiger partial charge is 0.233 e. The maximum atomic E-state index is 14.6. The van der Waals surface area contributed by atoms with E-state index in [-0.39, 0.29) is 10.5 Å². The third kappa shape index (κ3) is 2.75. The Morgan fingerprint density at radius 3 is 2.15 bits per heavy atom. The van der Waals surface area contributed by atoms with Gasteiger partial charge < -0.3 is 0 Å². The molecule has 1 aromatic heterocycles. The van der Waals surface area contributed by atoms with Crippen LogP contribution in [0.4, 0.5) is 4.39 Å². The van der Waals surface area contributed by atoms with Gasteiger partial charge in [0, 0.05) is 10.9 Å². The van der Waals surface area contributed by atoms with Gasteiger partial charge in [0.1, 0.15) is 5.82 Å². The molecular formula is C22H18FNO2S. The van der Waals surface area contributed by atoms with E-state index in [1.165, 1.54) is 10.0 Å². The van der Waals surface area contributed by atoms with E-state index < -0.39 is 15.8 Å². The highest BCUT2D eigenvalue weighted by Gasteiger charge is 2.27. The molecule has 1 heterocycles. The molecule has 0 bridgehead atoms. The number of hydrogen-bond donors (Lipinski definition) is 0. The largest absolute Gasteiger partial charge is 0.268 e. The molecule has 5 heteroatoms. The number of nitrogens with zero attached hydrogens (tertiary/aromatic N) is 1. The minimum Gasteiger partial charge on any atom is -0.233 e. The first-order valence-electron chi connectivity index (χ1n) is 8.58. The van der Waals surface area contributed by atoms with Gasteiger partial charge in [-0.15, -0.1) is 0 Å². The van der Waals surface area contributed by atoms with Crippen LogP contribution in [-0.4, -0.2) is 12.4 Å². The Hall–Kier alpha value is -2.92. The van der Waals surface area contributed by atoms with Crippen LogP contribution in [0.2, 0.25) is 0 Å². The highest BCUT2D eigenvalue weighted by atomic mass is 32.2. The Balaban J connectivity index is 2.13. The molecule has 0 unspecified atom stereocenters. The predicted molar refractivity (Wildman–Crippen MR) is 106 cm³/mol. The average molecular weight is 379 g/mol. The number of fused-ring (bicyclic) bond motifs is 1. The summed E-state index contributed by atoms with van der Waals surface area (Å²) in [6, 6.07) is 20.2. The van der Waals surface area contributed by atoms with Crippen molar-refractivity contribution in [2.24, 2.45) is 0 Å². The van der Waals surface area contributed by atoms with Gasteiger partial charge in [0.2, 0.25) is 0 Å². The van der Waals surface area contributed by atoms with Crippen molar-refractivity contribution in [2.75, 3.05) is 0 Å². The van der Waals surface area contributed by atoms with Crippen molar-refractivity contribution < 1.29 is 12.8 Å². The molecule has 0 N–H and O–H groups in total. The maximum Gasteiger partial charge on any atom is 0.268 e. The monoisotopic (exact) mass is 379 g/mol. The molecule has 0 aliphatic carbocycles. The van der Waals surface area contributed by atoms with Gasteiger partial charge in [-0.25, -0.2) is 16.8 Å². The SMILES string of the molecule is Cc1ccc(S(=O)(=O)n2c(-c3ccccc3F)c(C)c3ccccc32)cc1. The first-order chi connectivity index (χ1) is 12.9. The number of para-hydroxylation sites is 1. The zero-order chi connectivity index (χ0) is 19.2. The molecule has 0 spiro atoms. The highest BCUT2D eigenvalue weighted by Crippen LogP contribution is 2.37. The number of rotatable bonds is 3. The molecule has 136 valence electrons. The second-order valence-electron chi connectivity index (χ2n) is 6.55. The summed E-state index contributed by atoms with van der Waals surface area (Å²) >= 11 is 0. The Labute approximate surface area is 157 Å². The molecule has 0 fully saturated rings. The maximum absolute atomic E-state index is 14.6. The van der Waals surface area contributed by atoms with Crippen molar-refractivity contribution in [3.8, 4) is 11.3 Å². The molecule has 0 saturated carbocycles.